The van der Waals surface area contributed by atoms with Crippen molar-refractivity contribution >= 4 is 22.3 Å². The van der Waals surface area contributed by atoms with Crippen LogP contribution in [-0.4, -0.2) is 16.6 Å². The van der Waals surface area contributed by atoms with Gasteiger partial charge in [-0.05, 0) is 35.6 Å². The lowest BCUT2D eigenvalue weighted by molar-refractivity contribution is 0.240. The van der Waals surface area contributed by atoms with Crippen molar-refractivity contribution in [1.29, 1.82) is 0 Å². The van der Waals surface area contributed by atoms with Crippen molar-refractivity contribution in [2.75, 3.05) is 6.54 Å². The van der Waals surface area contributed by atoms with Crippen molar-refractivity contribution < 1.29 is 4.52 Å². The standard InChI is InChI=1S/C15H14N2OS/c1-2-4-14-12(3-1)13(16-18-14)10-17-7-5-15-11(9-17)6-8-19-15/h1-4,6,8H,5,7,9-10H2. The Balaban J connectivity index is 1.59. The topological polar surface area (TPSA) is 29.3 Å². The van der Waals surface area contributed by atoms with Crippen LogP contribution in [0.15, 0.2) is 40.2 Å². The number of rotatable bonds is 2. The van der Waals surface area contributed by atoms with Gasteiger partial charge < -0.3 is 4.52 Å². The smallest absolute Gasteiger partial charge is 0.167 e. The van der Waals surface area contributed by atoms with Crippen LogP contribution in [0.25, 0.3) is 11.0 Å². The van der Waals surface area contributed by atoms with E-state index in [9.17, 15) is 0 Å². The molecule has 3 heterocycles. The van der Waals surface area contributed by atoms with E-state index < -0.39 is 0 Å². The monoisotopic (exact) mass is 270 g/mol. The number of benzene rings is 1. The van der Waals surface area contributed by atoms with Gasteiger partial charge >= 0.3 is 0 Å². The Bertz CT molecular complexity index is 716. The van der Waals surface area contributed by atoms with E-state index >= 15 is 0 Å². The normalized spacial score (nSPS) is 15.8. The summed E-state index contributed by atoms with van der Waals surface area (Å²) in [5.41, 5.74) is 3.41. The summed E-state index contributed by atoms with van der Waals surface area (Å²) in [4.78, 5) is 3.99. The molecule has 3 aromatic rings. The first-order valence-corrected chi connectivity index (χ1v) is 7.39. The average Bonchev–Trinajstić information content (AvgIpc) is 3.06. The Hall–Kier alpha value is -1.65. The molecule has 0 unspecified atom stereocenters. The molecule has 0 bridgehead atoms. The Morgan fingerprint density at radius 2 is 2.21 bits per heavy atom. The van der Waals surface area contributed by atoms with E-state index in [-0.39, 0.29) is 0 Å². The highest BCUT2D eigenvalue weighted by Gasteiger charge is 2.19. The molecule has 0 saturated carbocycles. The maximum absolute atomic E-state index is 5.37. The van der Waals surface area contributed by atoms with Gasteiger partial charge in [0.1, 0.15) is 5.69 Å². The molecule has 0 atom stereocenters. The van der Waals surface area contributed by atoms with E-state index in [0.717, 1.165) is 42.7 Å². The minimum atomic E-state index is 0.867. The summed E-state index contributed by atoms with van der Waals surface area (Å²) in [6.45, 7) is 3.00. The molecule has 0 saturated heterocycles. The van der Waals surface area contributed by atoms with Gasteiger partial charge in [0, 0.05) is 29.9 Å². The average molecular weight is 270 g/mol. The molecule has 2 aromatic heterocycles. The molecule has 4 rings (SSSR count). The van der Waals surface area contributed by atoms with E-state index in [1.54, 1.807) is 4.88 Å². The lowest BCUT2D eigenvalue weighted by atomic mass is 10.1. The van der Waals surface area contributed by atoms with Gasteiger partial charge in [0.25, 0.3) is 0 Å². The molecule has 19 heavy (non-hydrogen) atoms. The van der Waals surface area contributed by atoms with Crippen LogP contribution in [0.5, 0.6) is 0 Å². The van der Waals surface area contributed by atoms with Crippen LogP contribution in [-0.2, 0) is 19.5 Å². The number of hydrogen-bond acceptors (Lipinski definition) is 4. The first-order valence-electron chi connectivity index (χ1n) is 6.51. The van der Waals surface area contributed by atoms with E-state index in [1.165, 1.54) is 5.56 Å². The second kappa shape index (κ2) is 4.47. The fourth-order valence-corrected chi connectivity index (χ4v) is 3.60. The van der Waals surface area contributed by atoms with E-state index in [1.807, 2.05) is 29.5 Å². The number of fused-ring (bicyclic) bond motifs is 2. The number of aromatic nitrogens is 1. The van der Waals surface area contributed by atoms with Crippen molar-refractivity contribution in [2.24, 2.45) is 0 Å². The van der Waals surface area contributed by atoms with Crippen molar-refractivity contribution in [1.82, 2.24) is 10.1 Å². The highest BCUT2D eigenvalue weighted by Crippen LogP contribution is 2.26. The molecule has 0 aliphatic carbocycles. The highest BCUT2D eigenvalue weighted by molar-refractivity contribution is 7.10. The molecule has 0 spiro atoms. The number of hydrogen-bond donors (Lipinski definition) is 0. The maximum Gasteiger partial charge on any atom is 0.167 e. The number of nitrogens with zero attached hydrogens (tertiary/aromatic N) is 2. The van der Waals surface area contributed by atoms with E-state index in [2.05, 4.69) is 27.6 Å². The Morgan fingerprint density at radius 3 is 3.21 bits per heavy atom. The predicted octanol–water partition coefficient (Wildman–Crippen LogP) is 3.45. The summed E-state index contributed by atoms with van der Waals surface area (Å²) in [6.07, 6.45) is 1.16. The van der Waals surface area contributed by atoms with Gasteiger partial charge in [0.05, 0.1) is 0 Å². The van der Waals surface area contributed by atoms with Gasteiger partial charge in [0.2, 0.25) is 0 Å². The summed E-state index contributed by atoms with van der Waals surface area (Å²) in [6, 6.07) is 10.3. The lowest BCUT2D eigenvalue weighted by Crippen LogP contribution is -2.29. The molecular formula is C15H14N2OS. The summed E-state index contributed by atoms with van der Waals surface area (Å²) in [5, 5.41) is 7.55. The second-order valence-corrected chi connectivity index (χ2v) is 5.96. The van der Waals surface area contributed by atoms with Crippen LogP contribution < -0.4 is 0 Å². The SMILES string of the molecule is c1ccc2c(CN3CCc4sccc4C3)noc2c1. The summed E-state index contributed by atoms with van der Waals surface area (Å²) in [7, 11) is 0. The summed E-state index contributed by atoms with van der Waals surface area (Å²) < 4.78 is 5.37. The van der Waals surface area contributed by atoms with E-state index in [4.69, 9.17) is 4.52 Å². The summed E-state index contributed by atoms with van der Waals surface area (Å²) >= 11 is 1.88. The van der Waals surface area contributed by atoms with Crippen LogP contribution in [0.3, 0.4) is 0 Å². The van der Waals surface area contributed by atoms with Gasteiger partial charge in [-0.1, -0.05) is 17.3 Å². The third-order valence-corrected chi connectivity index (χ3v) is 4.74. The molecule has 1 aliphatic rings. The minimum absolute atomic E-state index is 0.867. The molecule has 1 aliphatic heterocycles. The Morgan fingerprint density at radius 1 is 1.26 bits per heavy atom. The Kier molecular flexibility index (Phi) is 2.64. The molecule has 0 N–H and O–H groups in total. The fourth-order valence-electron chi connectivity index (χ4n) is 2.71. The van der Waals surface area contributed by atoms with Crippen LogP contribution in [0.4, 0.5) is 0 Å². The fraction of sp³-hybridized carbons (Fsp3) is 0.267. The van der Waals surface area contributed by atoms with Crippen molar-refractivity contribution in [3.63, 3.8) is 0 Å². The van der Waals surface area contributed by atoms with Gasteiger partial charge in [-0.25, -0.2) is 0 Å². The molecule has 96 valence electrons. The van der Waals surface area contributed by atoms with E-state index in [0.29, 0.717) is 0 Å². The zero-order valence-corrected chi connectivity index (χ0v) is 11.3. The minimum Gasteiger partial charge on any atom is -0.356 e. The van der Waals surface area contributed by atoms with Crippen molar-refractivity contribution in [2.45, 2.75) is 19.5 Å². The quantitative estimate of drug-likeness (QED) is 0.714. The maximum atomic E-state index is 5.37. The molecule has 1 aromatic carbocycles. The largest absolute Gasteiger partial charge is 0.356 e. The van der Waals surface area contributed by atoms with Gasteiger partial charge in [-0.3, -0.25) is 4.90 Å². The van der Waals surface area contributed by atoms with Crippen molar-refractivity contribution in [3.05, 3.63) is 51.8 Å². The van der Waals surface area contributed by atoms with Crippen LogP contribution in [0, 0.1) is 0 Å². The lowest BCUT2D eigenvalue weighted by Gasteiger charge is -2.25. The first-order chi connectivity index (χ1) is 9.40. The molecule has 4 heteroatoms. The molecule has 0 radical (unpaired) electrons. The molecule has 0 fully saturated rings. The molecular weight excluding hydrogens is 256 g/mol. The van der Waals surface area contributed by atoms with Gasteiger partial charge in [0.15, 0.2) is 5.58 Å². The molecule has 3 nitrogen and oxygen atoms in total. The second-order valence-electron chi connectivity index (χ2n) is 4.96. The van der Waals surface area contributed by atoms with Crippen LogP contribution in [0.2, 0.25) is 0 Å². The zero-order chi connectivity index (χ0) is 12.7. The third-order valence-electron chi connectivity index (χ3n) is 3.71. The van der Waals surface area contributed by atoms with Crippen molar-refractivity contribution in [3.8, 4) is 0 Å². The zero-order valence-electron chi connectivity index (χ0n) is 10.5. The summed E-state index contributed by atoms with van der Waals surface area (Å²) in [5.74, 6) is 0. The number of para-hydroxylation sites is 1. The van der Waals surface area contributed by atoms with Crippen LogP contribution in [0.1, 0.15) is 16.1 Å². The first kappa shape index (κ1) is 11.2. The highest BCUT2D eigenvalue weighted by atomic mass is 32.1. The van der Waals surface area contributed by atoms with Gasteiger partial charge in [-0.2, -0.15) is 0 Å². The van der Waals surface area contributed by atoms with Gasteiger partial charge in [-0.15, -0.1) is 11.3 Å². The van der Waals surface area contributed by atoms with Crippen LogP contribution >= 0.6 is 11.3 Å². The Labute approximate surface area is 115 Å². The molecule has 0 amide bonds. The third kappa shape index (κ3) is 1.97. The predicted molar refractivity (Wildman–Crippen MR) is 76.1 cm³/mol. The number of thiophene rings is 1.